The number of benzene rings is 1. The van der Waals surface area contributed by atoms with Gasteiger partial charge in [-0.1, -0.05) is 23.7 Å². The molecule has 2 rings (SSSR count). The van der Waals surface area contributed by atoms with E-state index in [1.807, 2.05) is 6.92 Å². The second-order valence-electron chi connectivity index (χ2n) is 5.63. The van der Waals surface area contributed by atoms with Crippen LogP contribution >= 0.6 is 11.6 Å². The Balaban J connectivity index is 2.23. The minimum atomic E-state index is -3.84. The first kappa shape index (κ1) is 19.4. The van der Waals surface area contributed by atoms with Crippen molar-refractivity contribution in [1.82, 2.24) is 9.46 Å². The van der Waals surface area contributed by atoms with Crippen molar-refractivity contribution >= 4 is 33.3 Å². The number of nitrogens with zero attached hydrogens (tertiary/aromatic N) is 2. The van der Waals surface area contributed by atoms with Crippen molar-refractivity contribution in [2.75, 3.05) is 11.9 Å². The van der Waals surface area contributed by atoms with Crippen LogP contribution in [-0.2, 0) is 14.8 Å². The number of halogens is 1. The number of amides is 1. The van der Waals surface area contributed by atoms with Gasteiger partial charge in [0.15, 0.2) is 5.82 Å². The standard InChI is InChI=1S/C16H20ClN3O4S/c1-4-11(2)20(10-16(21)18-15-9-12(3)24-19-15)25(22,23)14-7-5-13(17)6-8-14/h5-9,11H,4,10H2,1-3H3,(H,18,19,21). The minimum absolute atomic E-state index is 0.0854. The molecule has 0 fully saturated rings. The van der Waals surface area contributed by atoms with Crippen molar-refractivity contribution in [1.29, 1.82) is 0 Å². The van der Waals surface area contributed by atoms with Gasteiger partial charge in [0.25, 0.3) is 0 Å². The summed E-state index contributed by atoms with van der Waals surface area (Å²) in [4.78, 5) is 12.4. The van der Waals surface area contributed by atoms with Gasteiger partial charge in [-0.3, -0.25) is 4.79 Å². The van der Waals surface area contributed by atoms with E-state index in [1.165, 1.54) is 28.6 Å². The SMILES string of the molecule is CCC(C)N(CC(=O)Nc1cc(C)on1)S(=O)(=O)c1ccc(Cl)cc1. The van der Waals surface area contributed by atoms with Gasteiger partial charge in [0.2, 0.25) is 15.9 Å². The summed E-state index contributed by atoms with van der Waals surface area (Å²) < 4.78 is 31.9. The summed E-state index contributed by atoms with van der Waals surface area (Å²) in [5.74, 6) is 0.296. The van der Waals surface area contributed by atoms with Crippen molar-refractivity contribution < 1.29 is 17.7 Å². The van der Waals surface area contributed by atoms with E-state index in [0.29, 0.717) is 17.2 Å². The second-order valence-corrected chi connectivity index (χ2v) is 7.96. The number of anilines is 1. The van der Waals surface area contributed by atoms with Crippen LogP contribution in [0.15, 0.2) is 39.8 Å². The van der Waals surface area contributed by atoms with Crippen LogP contribution in [0.2, 0.25) is 5.02 Å². The lowest BCUT2D eigenvalue weighted by atomic mass is 10.2. The Morgan fingerprint density at radius 2 is 2.00 bits per heavy atom. The second kappa shape index (κ2) is 7.99. The molecule has 1 aromatic heterocycles. The molecule has 25 heavy (non-hydrogen) atoms. The van der Waals surface area contributed by atoms with E-state index in [0.717, 1.165) is 0 Å². The molecule has 1 N–H and O–H groups in total. The van der Waals surface area contributed by atoms with Crippen LogP contribution in [-0.4, -0.2) is 36.4 Å². The van der Waals surface area contributed by atoms with Gasteiger partial charge in [0, 0.05) is 17.1 Å². The van der Waals surface area contributed by atoms with Gasteiger partial charge >= 0.3 is 0 Å². The normalized spacial score (nSPS) is 13.0. The van der Waals surface area contributed by atoms with Crippen LogP contribution in [0.3, 0.4) is 0 Å². The van der Waals surface area contributed by atoms with Gasteiger partial charge in [-0.25, -0.2) is 8.42 Å². The van der Waals surface area contributed by atoms with E-state index in [2.05, 4.69) is 10.5 Å². The van der Waals surface area contributed by atoms with Gasteiger partial charge < -0.3 is 9.84 Å². The van der Waals surface area contributed by atoms with Crippen LogP contribution in [0.5, 0.6) is 0 Å². The molecule has 1 amide bonds. The highest BCUT2D eigenvalue weighted by Crippen LogP contribution is 2.21. The van der Waals surface area contributed by atoms with Gasteiger partial charge in [0.05, 0.1) is 11.4 Å². The average molecular weight is 386 g/mol. The first-order valence-electron chi connectivity index (χ1n) is 7.74. The molecule has 0 aliphatic heterocycles. The Labute approximate surface area is 152 Å². The highest BCUT2D eigenvalue weighted by molar-refractivity contribution is 7.89. The Kier molecular flexibility index (Phi) is 6.21. The van der Waals surface area contributed by atoms with Crippen molar-refractivity contribution in [3.8, 4) is 0 Å². The van der Waals surface area contributed by atoms with Crippen LogP contribution in [0, 0.1) is 6.92 Å². The predicted molar refractivity (Wildman–Crippen MR) is 95.0 cm³/mol. The molecular weight excluding hydrogens is 366 g/mol. The van der Waals surface area contributed by atoms with Crippen LogP contribution in [0.4, 0.5) is 5.82 Å². The molecule has 7 nitrogen and oxygen atoms in total. The van der Waals surface area contributed by atoms with Gasteiger partial charge in [0.1, 0.15) is 5.76 Å². The zero-order chi connectivity index (χ0) is 18.6. The maximum absolute atomic E-state index is 12.9. The predicted octanol–water partition coefficient (Wildman–Crippen LogP) is 3.06. The average Bonchev–Trinajstić information content (AvgIpc) is 2.97. The molecule has 2 aromatic rings. The summed E-state index contributed by atoms with van der Waals surface area (Å²) in [6.07, 6.45) is 0.559. The number of nitrogens with one attached hydrogen (secondary N) is 1. The molecule has 0 aliphatic carbocycles. The number of aryl methyl sites for hydroxylation is 1. The van der Waals surface area contributed by atoms with Crippen molar-refractivity contribution in [2.45, 2.75) is 38.1 Å². The fourth-order valence-electron chi connectivity index (χ4n) is 2.17. The van der Waals surface area contributed by atoms with Crippen molar-refractivity contribution in [3.05, 3.63) is 41.1 Å². The molecule has 1 aromatic carbocycles. The Hall–Kier alpha value is -1.90. The summed E-state index contributed by atoms with van der Waals surface area (Å²) >= 11 is 5.82. The number of rotatable bonds is 7. The summed E-state index contributed by atoms with van der Waals surface area (Å²) in [7, 11) is -3.84. The van der Waals surface area contributed by atoms with E-state index in [9.17, 15) is 13.2 Å². The van der Waals surface area contributed by atoms with Gasteiger partial charge in [-0.2, -0.15) is 4.31 Å². The number of hydrogen-bond donors (Lipinski definition) is 1. The maximum atomic E-state index is 12.9. The number of aromatic nitrogens is 1. The minimum Gasteiger partial charge on any atom is -0.360 e. The molecule has 0 saturated carbocycles. The Morgan fingerprint density at radius 3 is 2.52 bits per heavy atom. The van der Waals surface area contributed by atoms with Crippen LogP contribution < -0.4 is 5.32 Å². The fourth-order valence-corrected chi connectivity index (χ4v) is 3.96. The lowest BCUT2D eigenvalue weighted by molar-refractivity contribution is -0.116. The zero-order valence-electron chi connectivity index (χ0n) is 14.2. The molecule has 0 spiro atoms. The molecular formula is C16H20ClN3O4S. The number of carbonyl (C=O) groups excluding carboxylic acids is 1. The summed E-state index contributed by atoms with van der Waals surface area (Å²) in [6.45, 7) is 4.97. The van der Waals surface area contributed by atoms with Gasteiger partial charge in [-0.05, 0) is 44.5 Å². The first-order chi connectivity index (χ1) is 11.7. The lowest BCUT2D eigenvalue weighted by Crippen LogP contribution is -2.43. The fraction of sp³-hybridized carbons (Fsp3) is 0.375. The quantitative estimate of drug-likeness (QED) is 0.790. The highest BCUT2D eigenvalue weighted by Gasteiger charge is 2.30. The number of hydrogen-bond acceptors (Lipinski definition) is 5. The third kappa shape index (κ3) is 4.81. The van der Waals surface area contributed by atoms with E-state index in [-0.39, 0.29) is 23.3 Å². The maximum Gasteiger partial charge on any atom is 0.243 e. The third-order valence-corrected chi connectivity index (χ3v) is 5.92. The van der Waals surface area contributed by atoms with E-state index in [1.54, 1.807) is 19.9 Å². The van der Waals surface area contributed by atoms with Crippen LogP contribution in [0.25, 0.3) is 0 Å². The first-order valence-corrected chi connectivity index (χ1v) is 9.56. The molecule has 1 atom stereocenters. The monoisotopic (exact) mass is 385 g/mol. The molecule has 0 saturated heterocycles. The Bertz CT molecular complexity index is 833. The van der Waals surface area contributed by atoms with Gasteiger partial charge in [-0.15, -0.1) is 0 Å². The molecule has 9 heteroatoms. The van der Waals surface area contributed by atoms with Crippen molar-refractivity contribution in [2.24, 2.45) is 0 Å². The molecule has 0 radical (unpaired) electrons. The smallest absolute Gasteiger partial charge is 0.243 e. The van der Waals surface area contributed by atoms with E-state index >= 15 is 0 Å². The lowest BCUT2D eigenvalue weighted by Gasteiger charge is -2.27. The number of carbonyl (C=O) groups is 1. The zero-order valence-corrected chi connectivity index (χ0v) is 15.8. The van der Waals surface area contributed by atoms with Crippen LogP contribution in [0.1, 0.15) is 26.0 Å². The van der Waals surface area contributed by atoms with E-state index < -0.39 is 15.9 Å². The number of sulfonamides is 1. The largest absolute Gasteiger partial charge is 0.360 e. The molecule has 1 unspecified atom stereocenters. The highest BCUT2D eigenvalue weighted by atomic mass is 35.5. The third-order valence-electron chi connectivity index (χ3n) is 3.70. The van der Waals surface area contributed by atoms with E-state index in [4.69, 9.17) is 16.1 Å². The summed E-state index contributed by atoms with van der Waals surface area (Å²) in [5.41, 5.74) is 0. The topological polar surface area (TPSA) is 92.5 Å². The summed E-state index contributed by atoms with van der Waals surface area (Å²) in [5, 5.41) is 6.64. The molecule has 1 heterocycles. The molecule has 136 valence electrons. The molecule has 0 aliphatic rings. The van der Waals surface area contributed by atoms with Crippen molar-refractivity contribution in [3.63, 3.8) is 0 Å². The molecule has 0 bridgehead atoms. The Morgan fingerprint density at radius 1 is 1.36 bits per heavy atom. The summed E-state index contributed by atoms with van der Waals surface area (Å²) in [6, 6.07) is 7.05.